The lowest BCUT2D eigenvalue weighted by Gasteiger charge is -2.13. The minimum Gasteiger partial charge on any atom is -0.292 e. The first-order valence-corrected chi connectivity index (χ1v) is 6.30. The second kappa shape index (κ2) is 5.66. The number of carbonyl (C=O) groups is 1. The van der Waals surface area contributed by atoms with E-state index in [2.05, 4.69) is 6.07 Å². The molecule has 2 aromatic carbocycles. The van der Waals surface area contributed by atoms with Gasteiger partial charge in [0.05, 0.1) is 6.07 Å². The van der Waals surface area contributed by atoms with E-state index in [1.54, 1.807) is 19.1 Å². The van der Waals surface area contributed by atoms with E-state index in [-0.39, 0.29) is 11.6 Å². The van der Waals surface area contributed by atoms with Gasteiger partial charge < -0.3 is 0 Å². The van der Waals surface area contributed by atoms with E-state index in [1.807, 2.05) is 19.1 Å². The Morgan fingerprint density at radius 3 is 2.45 bits per heavy atom. The highest BCUT2D eigenvalue weighted by molar-refractivity contribution is 6.04. The zero-order valence-corrected chi connectivity index (χ0v) is 11.4. The Labute approximate surface area is 117 Å². The molecule has 0 radical (unpaired) electrons. The van der Waals surface area contributed by atoms with Gasteiger partial charge in [0.1, 0.15) is 11.7 Å². The van der Waals surface area contributed by atoms with Crippen LogP contribution in [0.1, 0.15) is 33.0 Å². The number of ketones is 1. The lowest BCUT2D eigenvalue weighted by Crippen LogP contribution is -2.13. The average molecular weight is 267 g/mol. The number of carbonyl (C=O) groups excluding carboxylic acids is 1. The maximum Gasteiger partial charge on any atom is 0.184 e. The standard InChI is InChI=1S/C17H14FNO/c1-11-5-3-4-6-14(11)16(10-19)17(20)15-8-7-13(18)9-12(15)2/h3-9,16H,1-2H3. The molecule has 1 atom stereocenters. The monoisotopic (exact) mass is 267 g/mol. The number of nitriles is 1. The molecule has 3 heteroatoms. The van der Waals surface area contributed by atoms with Gasteiger partial charge in [-0.15, -0.1) is 0 Å². The number of nitrogens with zero attached hydrogens (tertiary/aromatic N) is 1. The third-order valence-electron chi connectivity index (χ3n) is 3.34. The molecule has 0 N–H and O–H groups in total. The summed E-state index contributed by atoms with van der Waals surface area (Å²) in [5, 5.41) is 9.34. The molecule has 20 heavy (non-hydrogen) atoms. The Morgan fingerprint density at radius 2 is 1.85 bits per heavy atom. The van der Waals surface area contributed by atoms with Gasteiger partial charge in [-0.2, -0.15) is 5.26 Å². The van der Waals surface area contributed by atoms with Crippen LogP contribution in [0.15, 0.2) is 42.5 Å². The van der Waals surface area contributed by atoms with Crippen LogP contribution in [-0.2, 0) is 0 Å². The maximum atomic E-state index is 13.1. The van der Waals surface area contributed by atoms with E-state index in [9.17, 15) is 14.4 Å². The molecule has 0 aromatic heterocycles. The summed E-state index contributed by atoms with van der Waals surface area (Å²) in [6, 6.07) is 13.4. The Kier molecular flexibility index (Phi) is 3.95. The summed E-state index contributed by atoms with van der Waals surface area (Å²) in [5.41, 5.74) is 2.53. The van der Waals surface area contributed by atoms with E-state index >= 15 is 0 Å². The highest BCUT2D eigenvalue weighted by atomic mass is 19.1. The van der Waals surface area contributed by atoms with Crippen molar-refractivity contribution in [3.05, 3.63) is 70.5 Å². The van der Waals surface area contributed by atoms with Crippen molar-refractivity contribution in [1.29, 1.82) is 5.26 Å². The normalized spacial score (nSPS) is 11.7. The van der Waals surface area contributed by atoms with Gasteiger partial charge in [0.2, 0.25) is 0 Å². The van der Waals surface area contributed by atoms with Crippen LogP contribution in [0.2, 0.25) is 0 Å². The first-order chi connectivity index (χ1) is 9.54. The van der Waals surface area contributed by atoms with E-state index in [0.29, 0.717) is 16.7 Å². The third kappa shape index (κ3) is 2.60. The van der Waals surface area contributed by atoms with Crippen LogP contribution >= 0.6 is 0 Å². The predicted molar refractivity (Wildman–Crippen MR) is 75.0 cm³/mol. The molecule has 1 unspecified atom stereocenters. The number of Topliss-reactive ketones (excluding diaryl/α,β-unsaturated/α-hetero) is 1. The third-order valence-corrected chi connectivity index (χ3v) is 3.34. The first kappa shape index (κ1) is 14.0. The second-order valence-electron chi connectivity index (χ2n) is 4.74. The molecule has 0 spiro atoms. The van der Waals surface area contributed by atoms with Gasteiger partial charge in [-0.05, 0) is 48.7 Å². The van der Waals surface area contributed by atoms with Gasteiger partial charge in [0.15, 0.2) is 5.78 Å². The molecule has 2 rings (SSSR count). The molecule has 2 nitrogen and oxygen atoms in total. The average Bonchev–Trinajstić information content (AvgIpc) is 2.41. The second-order valence-corrected chi connectivity index (χ2v) is 4.74. The number of rotatable bonds is 3. The van der Waals surface area contributed by atoms with Crippen molar-refractivity contribution in [3.8, 4) is 6.07 Å². The minimum absolute atomic E-state index is 0.292. The number of aryl methyl sites for hydroxylation is 2. The Morgan fingerprint density at radius 1 is 1.15 bits per heavy atom. The van der Waals surface area contributed by atoms with Crippen LogP contribution < -0.4 is 0 Å². The summed E-state index contributed by atoms with van der Waals surface area (Å²) in [6.45, 7) is 3.53. The zero-order chi connectivity index (χ0) is 14.7. The number of hydrogen-bond acceptors (Lipinski definition) is 2. The molecule has 0 aliphatic carbocycles. The molecule has 0 fully saturated rings. The van der Waals surface area contributed by atoms with E-state index in [0.717, 1.165) is 5.56 Å². The van der Waals surface area contributed by atoms with Crippen LogP contribution in [0.4, 0.5) is 4.39 Å². The molecule has 0 bridgehead atoms. The number of hydrogen-bond donors (Lipinski definition) is 0. The first-order valence-electron chi connectivity index (χ1n) is 6.30. The molecule has 0 heterocycles. The minimum atomic E-state index is -0.861. The molecular weight excluding hydrogens is 253 g/mol. The van der Waals surface area contributed by atoms with Crippen LogP contribution in [0, 0.1) is 31.0 Å². The molecular formula is C17H14FNO. The van der Waals surface area contributed by atoms with Gasteiger partial charge in [0.25, 0.3) is 0 Å². The summed E-state index contributed by atoms with van der Waals surface area (Å²) >= 11 is 0. The van der Waals surface area contributed by atoms with Crippen LogP contribution in [0.5, 0.6) is 0 Å². The number of halogens is 1. The Hall–Kier alpha value is -2.47. The fraction of sp³-hybridized carbons (Fsp3) is 0.176. The van der Waals surface area contributed by atoms with Crippen molar-refractivity contribution in [1.82, 2.24) is 0 Å². The van der Waals surface area contributed by atoms with E-state index in [1.165, 1.54) is 18.2 Å². The summed E-state index contributed by atoms with van der Waals surface area (Å²) in [6.07, 6.45) is 0. The molecule has 2 aromatic rings. The highest BCUT2D eigenvalue weighted by Crippen LogP contribution is 2.25. The lowest BCUT2D eigenvalue weighted by atomic mass is 9.88. The summed E-state index contributed by atoms with van der Waals surface area (Å²) in [4.78, 5) is 12.5. The summed E-state index contributed by atoms with van der Waals surface area (Å²) < 4.78 is 13.1. The van der Waals surface area contributed by atoms with Crippen molar-refractivity contribution in [2.45, 2.75) is 19.8 Å². The van der Waals surface area contributed by atoms with Crippen molar-refractivity contribution in [3.63, 3.8) is 0 Å². The van der Waals surface area contributed by atoms with Crippen LogP contribution in [0.25, 0.3) is 0 Å². The fourth-order valence-corrected chi connectivity index (χ4v) is 2.24. The summed E-state index contributed by atoms with van der Waals surface area (Å²) in [7, 11) is 0. The van der Waals surface area contributed by atoms with Crippen molar-refractivity contribution < 1.29 is 9.18 Å². The molecule has 0 saturated carbocycles. The molecule has 0 saturated heterocycles. The van der Waals surface area contributed by atoms with E-state index in [4.69, 9.17) is 0 Å². The van der Waals surface area contributed by atoms with Gasteiger partial charge in [0, 0.05) is 5.56 Å². The van der Waals surface area contributed by atoms with Gasteiger partial charge in [-0.1, -0.05) is 24.3 Å². The Balaban J connectivity index is 2.45. The van der Waals surface area contributed by atoms with Crippen LogP contribution in [0.3, 0.4) is 0 Å². The molecule has 0 amide bonds. The van der Waals surface area contributed by atoms with Gasteiger partial charge in [-0.25, -0.2) is 4.39 Å². The van der Waals surface area contributed by atoms with Crippen LogP contribution in [-0.4, -0.2) is 5.78 Å². The largest absolute Gasteiger partial charge is 0.292 e. The molecule has 100 valence electrons. The number of benzene rings is 2. The van der Waals surface area contributed by atoms with Gasteiger partial charge >= 0.3 is 0 Å². The zero-order valence-electron chi connectivity index (χ0n) is 11.4. The fourth-order valence-electron chi connectivity index (χ4n) is 2.24. The smallest absolute Gasteiger partial charge is 0.184 e. The molecule has 0 aliphatic heterocycles. The quantitative estimate of drug-likeness (QED) is 0.790. The van der Waals surface area contributed by atoms with Crippen molar-refractivity contribution in [2.24, 2.45) is 0 Å². The predicted octanol–water partition coefficient (Wildman–Crippen LogP) is 3.93. The maximum absolute atomic E-state index is 13.1. The summed E-state index contributed by atoms with van der Waals surface area (Å²) in [5.74, 6) is -1.54. The SMILES string of the molecule is Cc1cc(F)ccc1C(=O)C(C#N)c1ccccc1C. The van der Waals surface area contributed by atoms with Gasteiger partial charge in [-0.3, -0.25) is 4.79 Å². The Bertz CT molecular complexity index is 700. The highest BCUT2D eigenvalue weighted by Gasteiger charge is 2.24. The van der Waals surface area contributed by atoms with E-state index < -0.39 is 5.92 Å². The van der Waals surface area contributed by atoms with Crippen molar-refractivity contribution in [2.75, 3.05) is 0 Å². The lowest BCUT2D eigenvalue weighted by molar-refractivity contribution is 0.0978. The van der Waals surface area contributed by atoms with Crippen molar-refractivity contribution >= 4 is 5.78 Å². The topological polar surface area (TPSA) is 40.9 Å². The molecule has 0 aliphatic rings.